The molecule has 1 fully saturated rings. The zero-order valence-corrected chi connectivity index (χ0v) is 12.9. The topological polar surface area (TPSA) is 41.1 Å². The molecule has 2 N–H and O–H groups in total. The van der Waals surface area contributed by atoms with Crippen LogP contribution in [0.15, 0.2) is 28.7 Å². The monoisotopic (exact) mass is 324 g/mol. The second-order valence-corrected chi connectivity index (χ2v) is 6.06. The number of carbonyl (C=O) groups excluding carboxylic acids is 1. The molecule has 0 saturated carbocycles. The highest BCUT2D eigenvalue weighted by Gasteiger charge is 2.18. The van der Waals surface area contributed by atoms with E-state index in [1.807, 2.05) is 31.2 Å². The summed E-state index contributed by atoms with van der Waals surface area (Å²) in [5, 5.41) is 6.42. The van der Waals surface area contributed by atoms with Crippen LogP contribution < -0.4 is 10.6 Å². The molecule has 1 saturated heterocycles. The number of benzene rings is 1. The lowest BCUT2D eigenvalue weighted by molar-refractivity contribution is -0.122. The Morgan fingerprint density at radius 3 is 2.79 bits per heavy atom. The Bertz CT molecular complexity index is 430. The third-order valence-corrected chi connectivity index (χ3v) is 4.40. The molecule has 19 heavy (non-hydrogen) atoms. The van der Waals surface area contributed by atoms with E-state index in [-0.39, 0.29) is 11.9 Å². The minimum atomic E-state index is 0.0461. The van der Waals surface area contributed by atoms with Gasteiger partial charge in [0, 0.05) is 10.9 Å². The van der Waals surface area contributed by atoms with Crippen LogP contribution in [0.3, 0.4) is 0 Å². The molecule has 0 spiro atoms. The summed E-state index contributed by atoms with van der Waals surface area (Å²) in [6, 6.07) is 8.07. The molecule has 0 bridgehead atoms. The highest BCUT2D eigenvalue weighted by Crippen LogP contribution is 2.23. The van der Waals surface area contributed by atoms with E-state index >= 15 is 0 Å². The smallest absolute Gasteiger partial charge is 0.220 e. The van der Waals surface area contributed by atoms with Crippen molar-refractivity contribution < 1.29 is 4.79 Å². The molecule has 104 valence electrons. The predicted molar refractivity (Wildman–Crippen MR) is 80.9 cm³/mol. The number of piperidine rings is 1. The number of rotatable bonds is 4. The predicted octanol–water partition coefficient (Wildman–Crippen LogP) is 3.02. The summed E-state index contributed by atoms with van der Waals surface area (Å²) in [5.41, 5.74) is 1.13. The van der Waals surface area contributed by atoms with E-state index in [0.29, 0.717) is 12.3 Å². The lowest BCUT2D eigenvalue weighted by Gasteiger charge is -2.23. The van der Waals surface area contributed by atoms with Crippen LogP contribution in [0.25, 0.3) is 0 Å². The van der Waals surface area contributed by atoms with Crippen molar-refractivity contribution in [2.45, 2.75) is 32.2 Å². The minimum absolute atomic E-state index is 0.0461. The van der Waals surface area contributed by atoms with Gasteiger partial charge in [-0.1, -0.05) is 34.1 Å². The van der Waals surface area contributed by atoms with E-state index in [0.717, 1.165) is 36.0 Å². The Morgan fingerprint density at radius 1 is 1.42 bits per heavy atom. The Morgan fingerprint density at radius 2 is 2.11 bits per heavy atom. The molecule has 1 heterocycles. The molecule has 0 radical (unpaired) electrons. The first kappa shape index (κ1) is 14.5. The lowest BCUT2D eigenvalue weighted by Crippen LogP contribution is -2.33. The van der Waals surface area contributed by atoms with Crippen molar-refractivity contribution in [1.82, 2.24) is 10.6 Å². The van der Waals surface area contributed by atoms with Gasteiger partial charge in [0.2, 0.25) is 5.91 Å². The van der Waals surface area contributed by atoms with E-state index in [9.17, 15) is 4.79 Å². The van der Waals surface area contributed by atoms with Gasteiger partial charge < -0.3 is 10.6 Å². The van der Waals surface area contributed by atoms with E-state index in [2.05, 4.69) is 26.6 Å². The fourth-order valence-electron chi connectivity index (χ4n) is 2.55. The van der Waals surface area contributed by atoms with E-state index < -0.39 is 0 Å². The molecule has 1 amide bonds. The fourth-order valence-corrected chi connectivity index (χ4v) is 3.18. The first-order valence-corrected chi connectivity index (χ1v) is 7.70. The maximum absolute atomic E-state index is 12.1. The van der Waals surface area contributed by atoms with Crippen molar-refractivity contribution in [2.75, 3.05) is 13.1 Å². The van der Waals surface area contributed by atoms with Crippen LogP contribution in [0.4, 0.5) is 0 Å². The Kier molecular flexibility index (Phi) is 5.40. The number of hydrogen-bond acceptors (Lipinski definition) is 2. The summed E-state index contributed by atoms with van der Waals surface area (Å²) in [6.07, 6.45) is 2.87. The van der Waals surface area contributed by atoms with Crippen molar-refractivity contribution in [3.8, 4) is 0 Å². The zero-order valence-electron chi connectivity index (χ0n) is 11.3. The van der Waals surface area contributed by atoms with E-state index in [1.54, 1.807) is 0 Å². The average Bonchev–Trinajstić information content (AvgIpc) is 2.40. The van der Waals surface area contributed by atoms with Crippen LogP contribution in [0.1, 0.15) is 37.8 Å². The van der Waals surface area contributed by atoms with Gasteiger partial charge in [-0.05, 0) is 50.4 Å². The van der Waals surface area contributed by atoms with Gasteiger partial charge in [0.1, 0.15) is 0 Å². The number of carbonyl (C=O) groups is 1. The number of amides is 1. The quantitative estimate of drug-likeness (QED) is 0.893. The fraction of sp³-hybridized carbons (Fsp3) is 0.533. The summed E-state index contributed by atoms with van der Waals surface area (Å²) in [7, 11) is 0. The van der Waals surface area contributed by atoms with E-state index in [1.165, 1.54) is 0 Å². The van der Waals surface area contributed by atoms with Crippen LogP contribution >= 0.6 is 15.9 Å². The van der Waals surface area contributed by atoms with Gasteiger partial charge in [-0.15, -0.1) is 0 Å². The summed E-state index contributed by atoms with van der Waals surface area (Å²) in [4.78, 5) is 12.1. The van der Waals surface area contributed by atoms with Gasteiger partial charge in [0.05, 0.1) is 6.04 Å². The zero-order chi connectivity index (χ0) is 13.7. The van der Waals surface area contributed by atoms with Gasteiger partial charge in [0.25, 0.3) is 0 Å². The second-order valence-electron chi connectivity index (χ2n) is 5.21. The van der Waals surface area contributed by atoms with Crippen LogP contribution in [-0.4, -0.2) is 19.0 Å². The standard InChI is InChI=1S/C15H21BrN2O/c1-11(13-4-2-3-5-14(13)16)18-15(19)10-12-6-8-17-9-7-12/h2-5,11-12,17H,6-10H2,1H3,(H,18,19). The highest BCUT2D eigenvalue weighted by molar-refractivity contribution is 9.10. The van der Waals surface area contributed by atoms with Gasteiger partial charge >= 0.3 is 0 Å². The van der Waals surface area contributed by atoms with Crippen molar-refractivity contribution in [1.29, 1.82) is 0 Å². The maximum Gasteiger partial charge on any atom is 0.220 e. The Hall–Kier alpha value is -0.870. The lowest BCUT2D eigenvalue weighted by atomic mass is 9.94. The molecule has 1 atom stereocenters. The molecule has 1 aliphatic rings. The molecular weight excluding hydrogens is 304 g/mol. The molecule has 1 aromatic carbocycles. The number of nitrogens with one attached hydrogen (secondary N) is 2. The molecule has 0 aliphatic carbocycles. The SMILES string of the molecule is CC(NC(=O)CC1CCNCC1)c1ccccc1Br. The molecule has 4 heteroatoms. The molecule has 1 aromatic rings. The molecule has 1 unspecified atom stereocenters. The van der Waals surface area contributed by atoms with Crippen LogP contribution in [0.2, 0.25) is 0 Å². The summed E-state index contributed by atoms with van der Waals surface area (Å²) >= 11 is 3.53. The van der Waals surface area contributed by atoms with Crippen LogP contribution in [-0.2, 0) is 4.79 Å². The highest BCUT2D eigenvalue weighted by atomic mass is 79.9. The van der Waals surface area contributed by atoms with Crippen molar-refractivity contribution >= 4 is 21.8 Å². The van der Waals surface area contributed by atoms with Crippen LogP contribution in [0.5, 0.6) is 0 Å². The summed E-state index contributed by atoms with van der Waals surface area (Å²) in [6.45, 7) is 4.11. The minimum Gasteiger partial charge on any atom is -0.350 e. The largest absolute Gasteiger partial charge is 0.350 e. The normalized spacial score (nSPS) is 18.0. The van der Waals surface area contributed by atoms with Gasteiger partial charge in [-0.3, -0.25) is 4.79 Å². The summed E-state index contributed by atoms with van der Waals surface area (Å²) in [5.74, 6) is 0.697. The first-order chi connectivity index (χ1) is 9.16. The summed E-state index contributed by atoms with van der Waals surface area (Å²) < 4.78 is 1.05. The number of halogens is 1. The van der Waals surface area contributed by atoms with Crippen molar-refractivity contribution in [3.05, 3.63) is 34.3 Å². The van der Waals surface area contributed by atoms with E-state index in [4.69, 9.17) is 0 Å². The van der Waals surface area contributed by atoms with Crippen molar-refractivity contribution in [2.24, 2.45) is 5.92 Å². The van der Waals surface area contributed by atoms with Crippen molar-refractivity contribution in [3.63, 3.8) is 0 Å². The third-order valence-electron chi connectivity index (χ3n) is 3.68. The van der Waals surface area contributed by atoms with Gasteiger partial charge in [0.15, 0.2) is 0 Å². The van der Waals surface area contributed by atoms with Gasteiger partial charge in [-0.25, -0.2) is 0 Å². The maximum atomic E-state index is 12.1. The molecule has 0 aromatic heterocycles. The van der Waals surface area contributed by atoms with Gasteiger partial charge in [-0.2, -0.15) is 0 Å². The van der Waals surface area contributed by atoms with Crippen LogP contribution in [0, 0.1) is 5.92 Å². The molecule has 2 rings (SSSR count). The Balaban J connectivity index is 1.86. The number of hydrogen-bond donors (Lipinski definition) is 2. The molecule has 3 nitrogen and oxygen atoms in total. The molecular formula is C15H21BrN2O. The second kappa shape index (κ2) is 7.06. The Labute approximate surface area is 123 Å². The molecule has 1 aliphatic heterocycles. The average molecular weight is 325 g/mol. The first-order valence-electron chi connectivity index (χ1n) is 6.91. The third kappa shape index (κ3) is 4.32.